The fourth-order valence-electron chi connectivity index (χ4n) is 2.94. The highest BCUT2D eigenvalue weighted by atomic mass is 79.9. The Bertz CT molecular complexity index is 1030. The Balaban J connectivity index is 2.34. The van der Waals surface area contributed by atoms with Crippen molar-refractivity contribution in [2.45, 2.75) is 6.92 Å². The molecule has 0 saturated heterocycles. The summed E-state index contributed by atoms with van der Waals surface area (Å²) in [7, 11) is 5.21. The molecule has 2 amide bonds. The van der Waals surface area contributed by atoms with Crippen molar-refractivity contribution in [3.63, 3.8) is 0 Å². The van der Waals surface area contributed by atoms with Crippen molar-refractivity contribution in [3.05, 3.63) is 50.0 Å². The Morgan fingerprint density at radius 2 is 1.77 bits per heavy atom. The zero-order valence-electron chi connectivity index (χ0n) is 17.6. The van der Waals surface area contributed by atoms with Gasteiger partial charge in [0.2, 0.25) is 17.4 Å². The summed E-state index contributed by atoms with van der Waals surface area (Å²) in [6.07, 6.45) is 0. The van der Waals surface area contributed by atoms with E-state index in [0.29, 0.717) is 5.69 Å². The fraction of sp³-hybridized carbons (Fsp3) is 0.300. The second-order valence-corrected chi connectivity index (χ2v) is 7.38. The normalized spacial score (nSPS) is 10.3. The van der Waals surface area contributed by atoms with Crippen molar-refractivity contribution in [1.82, 2.24) is 4.90 Å². The maximum absolute atomic E-state index is 13.0. The van der Waals surface area contributed by atoms with Gasteiger partial charge in [0, 0.05) is 23.3 Å². The predicted octanol–water partition coefficient (Wildman–Crippen LogP) is 3.40. The summed E-state index contributed by atoms with van der Waals surface area (Å²) in [4.78, 5) is 37.5. The van der Waals surface area contributed by atoms with Gasteiger partial charge in [-0.15, -0.1) is 0 Å². The second-order valence-electron chi connectivity index (χ2n) is 6.47. The number of nitro groups is 1. The van der Waals surface area contributed by atoms with Crippen LogP contribution in [0.25, 0.3) is 0 Å². The van der Waals surface area contributed by atoms with Crippen molar-refractivity contribution in [2.75, 3.05) is 40.2 Å². The smallest absolute Gasteiger partial charge is 0.327 e. The van der Waals surface area contributed by atoms with Gasteiger partial charge in [-0.2, -0.15) is 0 Å². The van der Waals surface area contributed by atoms with Crippen molar-refractivity contribution < 1.29 is 28.7 Å². The maximum Gasteiger partial charge on any atom is 0.327 e. The lowest BCUT2D eigenvalue weighted by atomic mass is 10.1. The number of benzene rings is 2. The van der Waals surface area contributed by atoms with Gasteiger partial charge in [0.15, 0.2) is 5.75 Å². The number of halogens is 1. The molecule has 0 aliphatic rings. The predicted molar refractivity (Wildman–Crippen MR) is 117 cm³/mol. The van der Waals surface area contributed by atoms with E-state index in [0.717, 1.165) is 14.9 Å². The van der Waals surface area contributed by atoms with E-state index in [9.17, 15) is 19.7 Å². The van der Waals surface area contributed by atoms with Crippen molar-refractivity contribution in [2.24, 2.45) is 0 Å². The molecular formula is C20H22BrN3O7. The van der Waals surface area contributed by atoms with Crippen molar-refractivity contribution in [3.8, 4) is 17.2 Å². The Labute approximate surface area is 187 Å². The van der Waals surface area contributed by atoms with Gasteiger partial charge in [-0.1, -0.05) is 15.9 Å². The first-order valence-electron chi connectivity index (χ1n) is 8.93. The van der Waals surface area contributed by atoms with E-state index in [1.807, 2.05) is 13.0 Å². The molecule has 31 heavy (non-hydrogen) atoms. The number of nitro benzene ring substituents is 1. The average Bonchev–Trinajstić information content (AvgIpc) is 2.73. The Morgan fingerprint density at radius 1 is 1.13 bits per heavy atom. The first-order chi connectivity index (χ1) is 14.6. The van der Waals surface area contributed by atoms with Gasteiger partial charge in [0.05, 0.1) is 32.8 Å². The molecule has 11 heteroatoms. The minimum atomic E-state index is -0.756. The number of ether oxygens (including phenoxy) is 3. The molecule has 0 radical (unpaired) electrons. The van der Waals surface area contributed by atoms with Crippen LogP contribution in [0.1, 0.15) is 15.9 Å². The standard InChI is InChI=1S/C20H22BrN3O7/c1-11-8-12(21)6-7-14(11)22-16(25)10-23(2)20(26)13-9-15(29-3)18(30-4)19(31-5)17(13)24(27)28/h6-9H,10H2,1-5H3,(H,22,25). The zero-order chi connectivity index (χ0) is 23.3. The lowest BCUT2D eigenvalue weighted by molar-refractivity contribution is -0.386. The Kier molecular flexibility index (Phi) is 7.81. The number of hydrogen-bond acceptors (Lipinski definition) is 7. The van der Waals surface area contributed by atoms with E-state index in [2.05, 4.69) is 21.2 Å². The average molecular weight is 496 g/mol. The summed E-state index contributed by atoms with van der Waals surface area (Å²) in [6.45, 7) is 1.50. The molecule has 0 aromatic heterocycles. The number of nitrogens with zero attached hydrogens (tertiary/aromatic N) is 2. The van der Waals surface area contributed by atoms with E-state index in [-0.39, 0.29) is 29.4 Å². The van der Waals surface area contributed by atoms with E-state index < -0.39 is 22.4 Å². The first kappa shape index (κ1) is 23.9. The molecule has 0 spiro atoms. The summed E-state index contributed by atoms with van der Waals surface area (Å²) < 4.78 is 16.3. The van der Waals surface area contributed by atoms with Crippen LogP contribution < -0.4 is 19.5 Å². The number of carbonyl (C=O) groups is 2. The van der Waals surface area contributed by atoms with Crippen LogP contribution in [0.4, 0.5) is 11.4 Å². The summed E-state index contributed by atoms with van der Waals surface area (Å²) in [5.41, 5.74) is 0.542. The molecule has 0 saturated carbocycles. The molecule has 0 bridgehead atoms. The molecule has 0 aliphatic heterocycles. The van der Waals surface area contributed by atoms with Gasteiger partial charge in [-0.25, -0.2) is 0 Å². The third kappa shape index (κ3) is 5.23. The molecule has 166 valence electrons. The summed E-state index contributed by atoms with van der Waals surface area (Å²) in [5.74, 6) is -1.40. The summed E-state index contributed by atoms with van der Waals surface area (Å²) in [6, 6.07) is 6.53. The Morgan fingerprint density at radius 3 is 2.29 bits per heavy atom. The van der Waals surface area contributed by atoms with Crippen LogP contribution in [0.15, 0.2) is 28.7 Å². The number of rotatable bonds is 8. The monoisotopic (exact) mass is 495 g/mol. The van der Waals surface area contributed by atoms with Gasteiger partial charge < -0.3 is 24.4 Å². The minimum Gasteiger partial charge on any atom is -0.493 e. The molecule has 2 aromatic carbocycles. The number of anilines is 1. The SMILES string of the molecule is COc1cc(C(=O)N(C)CC(=O)Nc2ccc(Br)cc2C)c([N+](=O)[O-])c(OC)c1OC. The van der Waals surface area contributed by atoms with Crippen LogP contribution in [0.5, 0.6) is 17.2 Å². The van der Waals surface area contributed by atoms with Crippen molar-refractivity contribution >= 4 is 39.1 Å². The molecule has 0 unspecified atom stereocenters. The number of nitrogens with one attached hydrogen (secondary N) is 1. The van der Waals surface area contributed by atoms with Crippen LogP contribution in [0, 0.1) is 17.0 Å². The number of aryl methyl sites for hydroxylation is 1. The van der Waals surface area contributed by atoms with Crippen LogP contribution >= 0.6 is 15.9 Å². The van der Waals surface area contributed by atoms with Gasteiger partial charge >= 0.3 is 5.69 Å². The van der Waals surface area contributed by atoms with Gasteiger partial charge in [0.1, 0.15) is 5.56 Å². The van der Waals surface area contributed by atoms with Crippen LogP contribution in [0.2, 0.25) is 0 Å². The largest absolute Gasteiger partial charge is 0.493 e. The quantitative estimate of drug-likeness (QED) is 0.439. The maximum atomic E-state index is 13.0. The topological polar surface area (TPSA) is 120 Å². The molecule has 0 heterocycles. The highest BCUT2D eigenvalue weighted by Gasteiger charge is 2.34. The number of carbonyl (C=O) groups excluding carboxylic acids is 2. The van der Waals surface area contributed by atoms with Gasteiger partial charge in [0.25, 0.3) is 5.91 Å². The molecule has 2 aromatic rings. The second kappa shape index (κ2) is 10.1. The lowest BCUT2D eigenvalue weighted by Gasteiger charge is -2.19. The first-order valence-corrected chi connectivity index (χ1v) is 9.72. The van der Waals surface area contributed by atoms with Crippen molar-refractivity contribution in [1.29, 1.82) is 0 Å². The highest BCUT2D eigenvalue weighted by molar-refractivity contribution is 9.10. The number of amides is 2. The number of hydrogen-bond donors (Lipinski definition) is 1. The van der Waals surface area contributed by atoms with Gasteiger partial charge in [-0.05, 0) is 30.7 Å². The zero-order valence-corrected chi connectivity index (χ0v) is 19.2. The summed E-state index contributed by atoms with van der Waals surface area (Å²) in [5, 5.41) is 14.4. The van der Waals surface area contributed by atoms with E-state index in [1.165, 1.54) is 34.4 Å². The molecule has 1 N–H and O–H groups in total. The molecule has 0 fully saturated rings. The molecule has 0 atom stereocenters. The highest BCUT2D eigenvalue weighted by Crippen LogP contribution is 2.46. The van der Waals surface area contributed by atoms with E-state index >= 15 is 0 Å². The molecular weight excluding hydrogens is 474 g/mol. The molecule has 2 rings (SSSR count). The lowest BCUT2D eigenvalue weighted by Crippen LogP contribution is -2.35. The molecule has 10 nitrogen and oxygen atoms in total. The van der Waals surface area contributed by atoms with Gasteiger partial charge in [-0.3, -0.25) is 19.7 Å². The molecule has 0 aliphatic carbocycles. The van der Waals surface area contributed by atoms with E-state index in [1.54, 1.807) is 12.1 Å². The number of likely N-dealkylation sites (N-methyl/N-ethyl adjacent to an activating group) is 1. The summed E-state index contributed by atoms with van der Waals surface area (Å²) >= 11 is 3.35. The fourth-order valence-corrected chi connectivity index (χ4v) is 3.41. The third-order valence-electron chi connectivity index (χ3n) is 4.41. The number of methoxy groups -OCH3 is 3. The van der Waals surface area contributed by atoms with Crippen LogP contribution in [-0.4, -0.2) is 56.6 Å². The van der Waals surface area contributed by atoms with Crippen LogP contribution in [-0.2, 0) is 4.79 Å². The van der Waals surface area contributed by atoms with E-state index in [4.69, 9.17) is 14.2 Å². The Hall–Kier alpha value is -3.34. The minimum absolute atomic E-state index is 0.0145. The third-order valence-corrected chi connectivity index (χ3v) is 4.90. The van der Waals surface area contributed by atoms with Crippen LogP contribution in [0.3, 0.4) is 0 Å².